The Morgan fingerprint density at radius 2 is 2.11 bits per heavy atom. The lowest BCUT2D eigenvalue weighted by Gasteiger charge is -2.08. The molecule has 0 aliphatic rings. The van der Waals surface area contributed by atoms with E-state index in [2.05, 4.69) is 11.9 Å². The number of nitrogens with two attached hydrogens (primary N) is 1. The molecule has 4 heteroatoms. The number of rotatable bonds is 6. The van der Waals surface area contributed by atoms with Crippen LogP contribution in [0.25, 0.3) is 11.1 Å². The highest BCUT2D eigenvalue weighted by Gasteiger charge is 2.14. The van der Waals surface area contributed by atoms with Crippen molar-refractivity contribution in [1.29, 1.82) is 0 Å². The Morgan fingerprint density at radius 1 is 1.32 bits per heavy atom. The molecule has 0 radical (unpaired) electrons. The van der Waals surface area contributed by atoms with Crippen LogP contribution in [0.1, 0.15) is 44.9 Å². The van der Waals surface area contributed by atoms with Crippen molar-refractivity contribution < 1.29 is 9.15 Å². The minimum Gasteiger partial charge on any atom is -0.497 e. The molecule has 2 unspecified atom stereocenters. The topological polar surface area (TPSA) is 61.3 Å². The van der Waals surface area contributed by atoms with Gasteiger partial charge >= 0.3 is 0 Å². The molecule has 4 nitrogen and oxygen atoms in total. The molecule has 1 aromatic heterocycles. The molecule has 19 heavy (non-hydrogen) atoms. The summed E-state index contributed by atoms with van der Waals surface area (Å²) < 4.78 is 11.0. The smallest absolute Gasteiger partial charge is 0.198 e. The van der Waals surface area contributed by atoms with Crippen LogP contribution in [0.4, 0.5) is 0 Å². The summed E-state index contributed by atoms with van der Waals surface area (Å²) in [5.74, 6) is 1.91. The van der Waals surface area contributed by atoms with E-state index in [0.717, 1.165) is 42.0 Å². The third kappa shape index (κ3) is 3.47. The number of oxazole rings is 1. The summed E-state index contributed by atoms with van der Waals surface area (Å²) in [4.78, 5) is 4.53. The summed E-state index contributed by atoms with van der Waals surface area (Å²) >= 11 is 0. The fourth-order valence-electron chi connectivity index (χ4n) is 2.13. The third-order valence-corrected chi connectivity index (χ3v) is 3.33. The molecule has 1 aromatic carbocycles. The highest BCUT2D eigenvalue weighted by Crippen LogP contribution is 2.27. The number of hydrogen-bond donors (Lipinski definition) is 1. The van der Waals surface area contributed by atoms with Crippen molar-refractivity contribution in [2.24, 2.45) is 5.73 Å². The van der Waals surface area contributed by atoms with Gasteiger partial charge in [0.25, 0.3) is 0 Å². The zero-order valence-corrected chi connectivity index (χ0v) is 11.8. The molecule has 0 saturated heterocycles. The monoisotopic (exact) mass is 262 g/mol. The average Bonchev–Trinajstić information content (AvgIpc) is 2.80. The van der Waals surface area contributed by atoms with E-state index < -0.39 is 0 Å². The van der Waals surface area contributed by atoms with Crippen LogP contribution in [0, 0.1) is 0 Å². The Morgan fingerprint density at radius 3 is 2.79 bits per heavy atom. The standard InChI is InChI=1S/C15H22N2O2/c1-10(5-4-6-11(2)16)15-17-13-8-7-12(18-3)9-14(13)19-15/h7-11H,4-6,16H2,1-3H3. The van der Waals surface area contributed by atoms with Crippen molar-refractivity contribution in [1.82, 2.24) is 4.98 Å². The van der Waals surface area contributed by atoms with Crippen LogP contribution in [-0.2, 0) is 0 Å². The van der Waals surface area contributed by atoms with E-state index in [-0.39, 0.29) is 6.04 Å². The predicted molar refractivity (Wildman–Crippen MR) is 76.5 cm³/mol. The summed E-state index contributed by atoms with van der Waals surface area (Å²) in [7, 11) is 1.65. The summed E-state index contributed by atoms with van der Waals surface area (Å²) in [6, 6.07) is 5.96. The van der Waals surface area contributed by atoms with Crippen LogP contribution < -0.4 is 10.5 Å². The fraction of sp³-hybridized carbons (Fsp3) is 0.533. The van der Waals surface area contributed by atoms with Gasteiger partial charge < -0.3 is 14.9 Å². The van der Waals surface area contributed by atoms with Crippen LogP contribution in [0.3, 0.4) is 0 Å². The maximum absolute atomic E-state index is 5.81. The van der Waals surface area contributed by atoms with E-state index in [1.165, 1.54) is 0 Å². The predicted octanol–water partition coefficient (Wildman–Crippen LogP) is 3.46. The van der Waals surface area contributed by atoms with Gasteiger partial charge in [-0.1, -0.05) is 13.3 Å². The number of hydrogen-bond acceptors (Lipinski definition) is 4. The van der Waals surface area contributed by atoms with E-state index in [1.54, 1.807) is 7.11 Å². The van der Waals surface area contributed by atoms with Crippen molar-refractivity contribution >= 4 is 11.1 Å². The fourth-order valence-corrected chi connectivity index (χ4v) is 2.13. The summed E-state index contributed by atoms with van der Waals surface area (Å²) in [6.45, 7) is 4.18. The molecular weight excluding hydrogens is 240 g/mol. The molecule has 2 aromatic rings. The first-order chi connectivity index (χ1) is 9.10. The second kappa shape index (κ2) is 6.06. The van der Waals surface area contributed by atoms with Gasteiger partial charge in [-0.25, -0.2) is 4.98 Å². The average molecular weight is 262 g/mol. The molecule has 2 rings (SSSR count). The Kier molecular flexibility index (Phi) is 4.43. The van der Waals surface area contributed by atoms with Crippen molar-refractivity contribution in [3.8, 4) is 5.75 Å². The van der Waals surface area contributed by atoms with Crippen LogP contribution in [0.2, 0.25) is 0 Å². The van der Waals surface area contributed by atoms with Crippen molar-refractivity contribution in [3.05, 3.63) is 24.1 Å². The molecule has 2 atom stereocenters. The van der Waals surface area contributed by atoms with Gasteiger partial charge in [0.1, 0.15) is 11.3 Å². The SMILES string of the molecule is COc1ccc2nc(C(C)CCCC(C)N)oc2c1. The minimum absolute atomic E-state index is 0.264. The van der Waals surface area contributed by atoms with Gasteiger partial charge in [-0.3, -0.25) is 0 Å². The molecule has 2 N–H and O–H groups in total. The first-order valence-electron chi connectivity index (χ1n) is 6.80. The number of aromatic nitrogens is 1. The Labute approximate surface area is 114 Å². The first-order valence-corrected chi connectivity index (χ1v) is 6.80. The lowest BCUT2D eigenvalue weighted by molar-refractivity contribution is 0.413. The molecule has 0 bridgehead atoms. The number of nitrogens with zero attached hydrogens (tertiary/aromatic N) is 1. The molecular formula is C15H22N2O2. The van der Waals surface area contributed by atoms with E-state index in [4.69, 9.17) is 14.9 Å². The third-order valence-electron chi connectivity index (χ3n) is 3.33. The second-order valence-corrected chi connectivity index (χ2v) is 5.19. The lowest BCUT2D eigenvalue weighted by atomic mass is 10.0. The van der Waals surface area contributed by atoms with E-state index in [1.807, 2.05) is 25.1 Å². The van der Waals surface area contributed by atoms with Crippen LogP contribution in [0.15, 0.2) is 22.6 Å². The summed E-state index contributed by atoms with van der Waals surface area (Å²) in [5, 5.41) is 0. The van der Waals surface area contributed by atoms with Gasteiger partial charge in [0.2, 0.25) is 0 Å². The Bertz CT molecular complexity index is 534. The van der Waals surface area contributed by atoms with Gasteiger partial charge in [-0.15, -0.1) is 0 Å². The van der Waals surface area contributed by atoms with Crippen molar-refractivity contribution in [2.45, 2.75) is 45.1 Å². The van der Waals surface area contributed by atoms with Crippen molar-refractivity contribution in [2.75, 3.05) is 7.11 Å². The lowest BCUT2D eigenvalue weighted by Crippen LogP contribution is -2.14. The maximum Gasteiger partial charge on any atom is 0.198 e. The normalized spacial score (nSPS) is 14.5. The van der Waals surface area contributed by atoms with Crippen LogP contribution in [0.5, 0.6) is 5.75 Å². The van der Waals surface area contributed by atoms with Crippen LogP contribution in [-0.4, -0.2) is 18.1 Å². The van der Waals surface area contributed by atoms with Gasteiger partial charge in [-0.2, -0.15) is 0 Å². The van der Waals surface area contributed by atoms with E-state index >= 15 is 0 Å². The zero-order valence-electron chi connectivity index (χ0n) is 11.8. The highest BCUT2D eigenvalue weighted by atomic mass is 16.5. The number of ether oxygens (including phenoxy) is 1. The summed E-state index contributed by atoms with van der Waals surface area (Å²) in [5.41, 5.74) is 7.43. The molecule has 0 aliphatic carbocycles. The van der Waals surface area contributed by atoms with Crippen molar-refractivity contribution in [3.63, 3.8) is 0 Å². The largest absolute Gasteiger partial charge is 0.497 e. The molecule has 0 aliphatic heterocycles. The van der Waals surface area contributed by atoms with Gasteiger partial charge in [0.15, 0.2) is 11.5 Å². The number of fused-ring (bicyclic) bond motifs is 1. The second-order valence-electron chi connectivity index (χ2n) is 5.19. The maximum atomic E-state index is 5.81. The first kappa shape index (κ1) is 13.9. The summed E-state index contributed by atoms with van der Waals surface area (Å²) in [6.07, 6.45) is 3.19. The number of benzene rings is 1. The Hall–Kier alpha value is -1.55. The van der Waals surface area contributed by atoms with Gasteiger partial charge in [0.05, 0.1) is 7.11 Å². The molecule has 0 fully saturated rings. The van der Waals surface area contributed by atoms with E-state index in [9.17, 15) is 0 Å². The quantitative estimate of drug-likeness (QED) is 0.866. The molecule has 104 valence electrons. The van der Waals surface area contributed by atoms with E-state index in [0.29, 0.717) is 5.92 Å². The number of methoxy groups -OCH3 is 1. The molecule has 0 saturated carbocycles. The zero-order chi connectivity index (χ0) is 13.8. The highest BCUT2D eigenvalue weighted by molar-refractivity contribution is 5.74. The van der Waals surface area contributed by atoms with Gasteiger partial charge in [0, 0.05) is 18.0 Å². The minimum atomic E-state index is 0.264. The van der Waals surface area contributed by atoms with Gasteiger partial charge in [-0.05, 0) is 31.9 Å². The molecule has 1 heterocycles. The molecule has 0 spiro atoms. The van der Waals surface area contributed by atoms with Crippen LogP contribution >= 0.6 is 0 Å². The Balaban J connectivity index is 2.07. The molecule has 0 amide bonds.